The largest absolute Gasteiger partial charge is 0.356 e. The van der Waals surface area contributed by atoms with Crippen LogP contribution in [0.4, 0.5) is 0 Å². The lowest BCUT2D eigenvalue weighted by atomic mass is 10.1. The molecule has 0 saturated carbocycles. The first-order chi connectivity index (χ1) is 4.90. The molecule has 1 aliphatic carbocycles. The summed E-state index contributed by atoms with van der Waals surface area (Å²) in [7, 11) is 1.70. The van der Waals surface area contributed by atoms with Crippen LogP contribution in [0.1, 0.15) is 12.8 Å². The third kappa shape index (κ3) is 0.879. The van der Waals surface area contributed by atoms with Crippen LogP contribution >= 0.6 is 0 Å². The van der Waals surface area contributed by atoms with Gasteiger partial charge in [-0.1, -0.05) is 12.2 Å². The molecule has 0 aromatic rings. The number of hydrogen-bond acceptors (Lipinski definition) is 2. The molecule has 3 atom stereocenters. The molecule has 0 bridgehead atoms. The fraction of sp³-hybridized carbons (Fsp3) is 0.750. The molecule has 10 heavy (non-hydrogen) atoms. The van der Waals surface area contributed by atoms with E-state index in [0.29, 0.717) is 12.0 Å². The molecule has 0 aromatic carbocycles. The van der Waals surface area contributed by atoms with Crippen LogP contribution in [-0.2, 0) is 9.47 Å². The zero-order valence-electron chi connectivity index (χ0n) is 6.12. The summed E-state index contributed by atoms with van der Waals surface area (Å²) in [6.07, 6.45) is 7.03. The van der Waals surface area contributed by atoms with Crippen LogP contribution in [0.2, 0.25) is 0 Å². The standard InChI is InChI=1S/C8H12O2/c1-9-8-5-6-3-2-4-7(6)10-8/h2-3,6-8H,4-5H2,1H3/t6-,7-,8+/m0/s1. The van der Waals surface area contributed by atoms with Gasteiger partial charge in [-0.05, 0) is 6.42 Å². The molecular weight excluding hydrogens is 128 g/mol. The molecule has 2 rings (SSSR count). The maximum absolute atomic E-state index is 5.55. The molecule has 0 aromatic heterocycles. The Kier molecular flexibility index (Phi) is 1.51. The third-order valence-electron chi connectivity index (χ3n) is 2.28. The van der Waals surface area contributed by atoms with Gasteiger partial charge in [0, 0.05) is 19.4 Å². The van der Waals surface area contributed by atoms with Gasteiger partial charge >= 0.3 is 0 Å². The molecule has 0 radical (unpaired) electrons. The normalized spacial score (nSPS) is 44.3. The van der Waals surface area contributed by atoms with Crippen LogP contribution in [0.15, 0.2) is 12.2 Å². The van der Waals surface area contributed by atoms with Crippen molar-refractivity contribution in [3.8, 4) is 0 Å². The highest BCUT2D eigenvalue weighted by Crippen LogP contribution is 2.34. The smallest absolute Gasteiger partial charge is 0.158 e. The minimum atomic E-state index is 0.0555. The van der Waals surface area contributed by atoms with Crippen molar-refractivity contribution in [2.45, 2.75) is 25.2 Å². The van der Waals surface area contributed by atoms with Gasteiger partial charge in [-0.25, -0.2) is 0 Å². The van der Waals surface area contributed by atoms with Crippen LogP contribution in [0.5, 0.6) is 0 Å². The molecule has 1 saturated heterocycles. The van der Waals surface area contributed by atoms with Crippen LogP contribution in [-0.4, -0.2) is 19.5 Å². The Labute approximate surface area is 60.8 Å². The van der Waals surface area contributed by atoms with Crippen molar-refractivity contribution in [1.82, 2.24) is 0 Å². The van der Waals surface area contributed by atoms with E-state index in [2.05, 4.69) is 12.2 Å². The van der Waals surface area contributed by atoms with Crippen molar-refractivity contribution in [1.29, 1.82) is 0 Å². The lowest BCUT2D eigenvalue weighted by Gasteiger charge is -2.08. The van der Waals surface area contributed by atoms with Gasteiger partial charge in [0.2, 0.25) is 0 Å². The highest BCUT2D eigenvalue weighted by atomic mass is 16.7. The van der Waals surface area contributed by atoms with E-state index in [1.165, 1.54) is 0 Å². The second-order valence-electron chi connectivity index (χ2n) is 2.90. The molecule has 0 N–H and O–H groups in total. The zero-order chi connectivity index (χ0) is 6.97. The molecule has 0 unspecified atom stereocenters. The minimum Gasteiger partial charge on any atom is -0.356 e. The number of methoxy groups -OCH3 is 1. The Morgan fingerprint density at radius 3 is 3.20 bits per heavy atom. The summed E-state index contributed by atoms with van der Waals surface area (Å²) in [5.41, 5.74) is 0. The molecule has 1 fully saturated rings. The fourth-order valence-corrected chi connectivity index (χ4v) is 1.70. The van der Waals surface area contributed by atoms with E-state index in [9.17, 15) is 0 Å². The van der Waals surface area contributed by atoms with Gasteiger partial charge in [0.15, 0.2) is 6.29 Å². The SMILES string of the molecule is CO[C@H]1C[C@@H]2C=CC[C@@H]2O1. The van der Waals surface area contributed by atoms with Gasteiger partial charge in [-0.15, -0.1) is 0 Å². The van der Waals surface area contributed by atoms with Gasteiger partial charge in [0.1, 0.15) is 0 Å². The maximum Gasteiger partial charge on any atom is 0.158 e. The third-order valence-corrected chi connectivity index (χ3v) is 2.28. The first-order valence-corrected chi connectivity index (χ1v) is 3.75. The quantitative estimate of drug-likeness (QED) is 0.511. The lowest BCUT2D eigenvalue weighted by Crippen LogP contribution is -2.11. The summed E-state index contributed by atoms with van der Waals surface area (Å²) in [6.45, 7) is 0. The predicted octanol–water partition coefficient (Wildman–Crippen LogP) is 1.32. The predicted molar refractivity (Wildman–Crippen MR) is 37.5 cm³/mol. The number of rotatable bonds is 1. The first-order valence-electron chi connectivity index (χ1n) is 3.75. The number of hydrogen-bond donors (Lipinski definition) is 0. The molecule has 2 aliphatic rings. The van der Waals surface area contributed by atoms with E-state index < -0.39 is 0 Å². The van der Waals surface area contributed by atoms with E-state index >= 15 is 0 Å². The summed E-state index contributed by atoms with van der Waals surface area (Å²) < 4.78 is 10.6. The highest BCUT2D eigenvalue weighted by molar-refractivity contribution is 5.05. The van der Waals surface area contributed by atoms with Gasteiger partial charge in [-0.3, -0.25) is 0 Å². The van der Waals surface area contributed by atoms with E-state index in [1.807, 2.05) is 0 Å². The Morgan fingerprint density at radius 1 is 1.60 bits per heavy atom. The Hall–Kier alpha value is -0.340. The van der Waals surface area contributed by atoms with E-state index in [0.717, 1.165) is 12.8 Å². The molecule has 2 nitrogen and oxygen atoms in total. The van der Waals surface area contributed by atoms with E-state index in [4.69, 9.17) is 9.47 Å². The molecule has 0 spiro atoms. The fourth-order valence-electron chi connectivity index (χ4n) is 1.70. The molecule has 56 valence electrons. The van der Waals surface area contributed by atoms with Crippen molar-refractivity contribution in [2.75, 3.05) is 7.11 Å². The van der Waals surface area contributed by atoms with Crippen molar-refractivity contribution in [3.05, 3.63) is 12.2 Å². The molecule has 0 amide bonds. The summed E-state index contributed by atoms with van der Waals surface area (Å²) in [5, 5.41) is 0. The first kappa shape index (κ1) is 6.38. The summed E-state index contributed by atoms with van der Waals surface area (Å²) in [4.78, 5) is 0. The average Bonchev–Trinajstić information content (AvgIpc) is 2.42. The Balaban J connectivity index is 1.99. The number of fused-ring (bicyclic) bond motifs is 1. The van der Waals surface area contributed by atoms with Crippen LogP contribution < -0.4 is 0 Å². The summed E-state index contributed by atoms with van der Waals surface area (Å²) in [5.74, 6) is 0.630. The van der Waals surface area contributed by atoms with E-state index in [-0.39, 0.29) is 6.29 Å². The zero-order valence-corrected chi connectivity index (χ0v) is 6.12. The number of ether oxygens (including phenoxy) is 2. The second kappa shape index (κ2) is 2.36. The Bertz CT molecular complexity index is 153. The van der Waals surface area contributed by atoms with Gasteiger partial charge in [0.05, 0.1) is 6.10 Å². The second-order valence-corrected chi connectivity index (χ2v) is 2.90. The van der Waals surface area contributed by atoms with E-state index in [1.54, 1.807) is 7.11 Å². The lowest BCUT2D eigenvalue weighted by molar-refractivity contribution is -0.113. The highest BCUT2D eigenvalue weighted by Gasteiger charge is 2.35. The summed E-state index contributed by atoms with van der Waals surface area (Å²) >= 11 is 0. The van der Waals surface area contributed by atoms with Gasteiger partial charge in [0.25, 0.3) is 0 Å². The van der Waals surface area contributed by atoms with Crippen molar-refractivity contribution in [3.63, 3.8) is 0 Å². The topological polar surface area (TPSA) is 18.5 Å². The van der Waals surface area contributed by atoms with Gasteiger partial charge < -0.3 is 9.47 Å². The van der Waals surface area contributed by atoms with Crippen LogP contribution in [0.25, 0.3) is 0 Å². The summed E-state index contributed by atoms with van der Waals surface area (Å²) in [6, 6.07) is 0. The van der Waals surface area contributed by atoms with Crippen molar-refractivity contribution in [2.24, 2.45) is 5.92 Å². The minimum absolute atomic E-state index is 0.0555. The molecular formula is C8H12O2. The molecule has 1 aliphatic heterocycles. The maximum atomic E-state index is 5.55. The molecule has 2 heteroatoms. The van der Waals surface area contributed by atoms with Crippen LogP contribution in [0, 0.1) is 5.92 Å². The Morgan fingerprint density at radius 2 is 2.50 bits per heavy atom. The van der Waals surface area contributed by atoms with Crippen molar-refractivity contribution < 1.29 is 9.47 Å². The van der Waals surface area contributed by atoms with Crippen molar-refractivity contribution >= 4 is 0 Å². The molecule has 1 heterocycles. The van der Waals surface area contributed by atoms with Crippen LogP contribution in [0.3, 0.4) is 0 Å². The average molecular weight is 140 g/mol. The van der Waals surface area contributed by atoms with Gasteiger partial charge in [-0.2, -0.15) is 0 Å². The monoisotopic (exact) mass is 140 g/mol.